The molecule has 2 rings (SSSR count). The van der Waals surface area contributed by atoms with E-state index in [0.29, 0.717) is 11.1 Å². The molecule has 0 aliphatic carbocycles. The van der Waals surface area contributed by atoms with Gasteiger partial charge in [0, 0.05) is 34.6 Å². The van der Waals surface area contributed by atoms with Gasteiger partial charge in [0.25, 0.3) is 0 Å². The summed E-state index contributed by atoms with van der Waals surface area (Å²) in [5.41, 5.74) is 7.02. The minimum atomic E-state index is -3.53. The Morgan fingerprint density at radius 3 is 2.85 bits per heavy atom. The summed E-state index contributed by atoms with van der Waals surface area (Å²) >= 11 is 1.63. The fraction of sp³-hybridized carbons (Fsp3) is 0.385. The summed E-state index contributed by atoms with van der Waals surface area (Å²) < 4.78 is 27.7. The normalized spacial score (nSPS) is 13.7. The van der Waals surface area contributed by atoms with Crippen molar-refractivity contribution in [1.29, 1.82) is 0 Å². The van der Waals surface area contributed by atoms with Crippen LogP contribution in [0.4, 0.5) is 5.69 Å². The van der Waals surface area contributed by atoms with Crippen LogP contribution in [0.2, 0.25) is 0 Å². The van der Waals surface area contributed by atoms with Gasteiger partial charge in [0.2, 0.25) is 10.0 Å². The van der Waals surface area contributed by atoms with E-state index in [2.05, 4.69) is 9.71 Å². The molecule has 4 N–H and O–H groups in total. The average molecular weight is 313 g/mol. The van der Waals surface area contributed by atoms with E-state index in [1.54, 1.807) is 30.0 Å². The highest BCUT2D eigenvalue weighted by molar-refractivity contribution is 7.98. The predicted octanol–water partition coefficient (Wildman–Crippen LogP) is 2.17. The Morgan fingerprint density at radius 2 is 2.20 bits per heavy atom. The highest BCUT2D eigenvalue weighted by Crippen LogP contribution is 2.24. The van der Waals surface area contributed by atoms with Gasteiger partial charge >= 0.3 is 0 Å². The van der Waals surface area contributed by atoms with Crippen LogP contribution in [0.25, 0.3) is 10.9 Å². The summed E-state index contributed by atoms with van der Waals surface area (Å²) in [6.45, 7) is 1.97. The van der Waals surface area contributed by atoms with Crippen LogP contribution in [0.1, 0.15) is 13.3 Å². The number of H-pyrrole nitrogens is 1. The van der Waals surface area contributed by atoms with E-state index in [1.807, 2.05) is 13.2 Å². The highest BCUT2D eigenvalue weighted by atomic mass is 32.2. The van der Waals surface area contributed by atoms with Crippen LogP contribution in [-0.2, 0) is 10.0 Å². The van der Waals surface area contributed by atoms with Crippen LogP contribution in [0.3, 0.4) is 0 Å². The Balaban J connectivity index is 2.36. The first-order valence-electron chi connectivity index (χ1n) is 6.35. The molecule has 1 aromatic heterocycles. The number of hydrogen-bond donors (Lipinski definition) is 3. The van der Waals surface area contributed by atoms with E-state index in [1.165, 1.54) is 6.20 Å². The molecule has 0 saturated heterocycles. The minimum absolute atomic E-state index is 0.0614. The molecule has 7 heteroatoms. The Hall–Kier alpha value is -1.18. The molecule has 0 radical (unpaired) electrons. The molecule has 1 heterocycles. The fourth-order valence-corrected chi connectivity index (χ4v) is 4.38. The first-order valence-corrected chi connectivity index (χ1v) is 9.23. The van der Waals surface area contributed by atoms with Crippen molar-refractivity contribution in [1.82, 2.24) is 9.71 Å². The maximum Gasteiger partial charge on any atom is 0.242 e. The van der Waals surface area contributed by atoms with Gasteiger partial charge in [-0.3, -0.25) is 0 Å². The molecule has 0 bridgehead atoms. The second kappa shape index (κ2) is 6.07. The Kier molecular flexibility index (Phi) is 4.62. The molecule has 0 aliphatic rings. The Bertz CT molecular complexity index is 695. The van der Waals surface area contributed by atoms with Gasteiger partial charge in [-0.2, -0.15) is 11.8 Å². The van der Waals surface area contributed by atoms with Gasteiger partial charge in [-0.05, 0) is 30.9 Å². The zero-order valence-electron chi connectivity index (χ0n) is 11.5. The van der Waals surface area contributed by atoms with Crippen molar-refractivity contribution >= 4 is 38.4 Å². The quantitative estimate of drug-likeness (QED) is 0.713. The van der Waals surface area contributed by atoms with Gasteiger partial charge in [-0.15, -0.1) is 0 Å². The van der Waals surface area contributed by atoms with Gasteiger partial charge in [0.1, 0.15) is 4.90 Å². The summed E-state index contributed by atoms with van der Waals surface area (Å²) in [5, 5.41) is 0.658. The van der Waals surface area contributed by atoms with Crippen LogP contribution in [0, 0.1) is 0 Å². The van der Waals surface area contributed by atoms with Crippen LogP contribution >= 0.6 is 11.8 Å². The number of anilines is 1. The molecule has 110 valence electrons. The van der Waals surface area contributed by atoms with E-state index in [4.69, 9.17) is 5.73 Å². The molecular weight excluding hydrogens is 294 g/mol. The van der Waals surface area contributed by atoms with Crippen molar-refractivity contribution in [3.8, 4) is 0 Å². The number of aromatic nitrogens is 1. The topological polar surface area (TPSA) is 88.0 Å². The number of nitrogen functional groups attached to an aromatic ring is 1. The zero-order valence-corrected chi connectivity index (χ0v) is 13.1. The first kappa shape index (κ1) is 15.2. The van der Waals surface area contributed by atoms with Gasteiger partial charge in [0.05, 0.1) is 0 Å². The maximum atomic E-state index is 12.5. The molecule has 20 heavy (non-hydrogen) atoms. The van der Waals surface area contributed by atoms with Crippen molar-refractivity contribution in [3.05, 3.63) is 24.4 Å². The van der Waals surface area contributed by atoms with E-state index >= 15 is 0 Å². The molecule has 1 aromatic carbocycles. The smallest absolute Gasteiger partial charge is 0.242 e. The number of rotatable bonds is 6. The maximum absolute atomic E-state index is 12.5. The second-order valence-corrected chi connectivity index (χ2v) is 7.23. The summed E-state index contributed by atoms with van der Waals surface area (Å²) in [5.74, 6) is 0.755. The number of aromatic amines is 1. The van der Waals surface area contributed by atoms with Crippen molar-refractivity contribution in [3.63, 3.8) is 0 Å². The number of nitrogens with two attached hydrogens (primary N) is 1. The zero-order chi connectivity index (χ0) is 14.8. The third kappa shape index (κ3) is 3.11. The third-order valence-corrected chi connectivity index (χ3v) is 5.44. The number of sulfonamides is 1. The summed E-state index contributed by atoms with van der Waals surface area (Å²) in [7, 11) is -3.53. The number of hydrogen-bond acceptors (Lipinski definition) is 4. The van der Waals surface area contributed by atoms with E-state index in [9.17, 15) is 8.42 Å². The van der Waals surface area contributed by atoms with Crippen LogP contribution in [0.15, 0.2) is 29.3 Å². The van der Waals surface area contributed by atoms with Crippen molar-refractivity contribution in [2.75, 3.05) is 17.7 Å². The molecule has 0 saturated carbocycles. The lowest BCUT2D eigenvalue weighted by Gasteiger charge is -2.15. The average Bonchev–Trinajstić information content (AvgIpc) is 2.81. The molecule has 5 nitrogen and oxygen atoms in total. The van der Waals surface area contributed by atoms with Gasteiger partial charge in [-0.25, -0.2) is 13.1 Å². The van der Waals surface area contributed by atoms with Gasteiger partial charge < -0.3 is 10.7 Å². The van der Waals surface area contributed by atoms with Crippen LogP contribution < -0.4 is 10.5 Å². The molecule has 2 aromatic rings. The van der Waals surface area contributed by atoms with E-state index in [0.717, 1.165) is 17.7 Å². The predicted molar refractivity (Wildman–Crippen MR) is 85.5 cm³/mol. The molecule has 0 aliphatic heterocycles. The standard InChI is InChI=1S/C13H19N3O2S2/c1-3-10(8-19-2)16-20(17,18)13-7-15-12-6-9(14)4-5-11(12)13/h4-7,10,15-16H,3,8,14H2,1-2H3. The van der Waals surface area contributed by atoms with Crippen LogP contribution in [-0.4, -0.2) is 31.5 Å². The molecular formula is C13H19N3O2S2. The van der Waals surface area contributed by atoms with Gasteiger partial charge in [-0.1, -0.05) is 6.92 Å². The number of nitrogens with one attached hydrogen (secondary N) is 2. The SMILES string of the molecule is CCC(CSC)NS(=O)(=O)c1c[nH]c2cc(N)ccc12. The number of benzene rings is 1. The number of thioether (sulfide) groups is 1. The van der Waals surface area contributed by atoms with E-state index in [-0.39, 0.29) is 10.9 Å². The molecule has 1 unspecified atom stereocenters. The van der Waals surface area contributed by atoms with Crippen LogP contribution in [0.5, 0.6) is 0 Å². The summed E-state index contributed by atoms with van der Waals surface area (Å²) in [4.78, 5) is 3.22. The summed E-state index contributed by atoms with van der Waals surface area (Å²) in [6.07, 6.45) is 4.24. The summed E-state index contributed by atoms with van der Waals surface area (Å²) in [6, 6.07) is 5.10. The van der Waals surface area contributed by atoms with E-state index < -0.39 is 10.0 Å². The highest BCUT2D eigenvalue weighted by Gasteiger charge is 2.22. The van der Waals surface area contributed by atoms with Crippen molar-refractivity contribution in [2.24, 2.45) is 0 Å². The third-order valence-electron chi connectivity index (χ3n) is 3.14. The second-order valence-electron chi connectivity index (χ2n) is 4.64. The molecule has 1 atom stereocenters. The lowest BCUT2D eigenvalue weighted by Crippen LogP contribution is -2.36. The number of fused-ring (bicyclic) bond motifs is 1. The molecule has 0 amide bonds. The lowest BCUT2D eigenvalue weighted by atomic mass is 10.2. The van der Waals surface area contributed by atoms with Gasteiger partial charge in [0.15, 0.2) is 0 Å². The first-order chi connectivity index (χ1) is 9.47. The van der Waals surface area contributed by atoms with Crippen molar-refractivity contribution < 1.29 is 8.42 Å². The van der Waals surface area contributed by atoms with Crippen molar-refractivity contribution in [2.45, 2.75) is 24.3 Å². The Morgan fingerprint density at radius 1 is 1.45 bits per heavy atom. The molecule has 0 spiro atoms. The monoisotopic (exact) mass is 313 g/mol. The largest absolute Gasteiger partial charge is 0.399 e. The Labute approximate surface area is 123 Å². The minimum Gasteiger partial charge on any atom is -0.399 e. The fourth-order valence-electron chi connectivity index (χ4n) is 2.06. The lowest BCUT2D eigenvalue weighted by molar-refractivity contribution is 0.559. The molecule has 0 fully saturated rings.